The Morgan fingerprint density at radius 3 is 2.32 bits per heavy atom. The van der Waals surface area contributed by atoms with E-state index in [1.807, 2.05) is 12.1 Å². The summed E-state index contributed by atoms with van der Waals surface area (Å²) in [6.07, 6.45) is 3.39. The fourth-order valence-electron chi connectivity index (χ4n) is 3.82. The molecule has 2 amide bonds. The van der Waals surface area contributed by atoms with Gasteiger partial charge >= 0.3 is 0 Å². The molecule has 4 rings (SSSR count). The molecule has 0 aromatic heterocycles. The van der Waals surface area contributed by atoms with Gasteiger partial charge in [0.25, 0.3) is 11.8 Å². The summed E-state index contributed by atoms with van der Waals surface area (Å²) in [5.74, 6) is 0.740. The summed E-state index contributed by atoms with van der Waals surface area (Å²) in [6.45, 7) is 1.99. The minimum absolute atomic E-state index is 0.0185. The maximum absolute atomic E-state index is 12.5. The van der Waals surface area contributed by atoms with Gasteiger partial charge in [0.1, 0.15) is 11.5 Å². The first-order valence-corrected chi connectivity index (χ1v) is 9.71. The second-order valence-electron chi connectivity index (χ2n) is 7.29. The van der Waals surface area contributed by atoms with Crippen LogP contribution in [-0.2, 0) is 17.6 Å². The summed E-state index contributed by atoms with van der Waals surface area (Å²) < 4.78 is 5.71. The monoisotopic (exact) mass is 380 g/mol. The summed E-state index contributed by atoms with van der Waals surface area (Å²) in [5, 5.41) is 9.34. The summed E-state index contributed by atoms with van der Waals surface area (Å²) in [6, 6.07) is 12.3. The molecule has 1 fully saturated rings. The van der Waals surface area contributed by atoms with Gasteiger partial charge in [-0.1, -0.05) is 6.07 Å². The van der Waals surface area contributed by atoms with Crippen LogP contribution in [0.15, 0.2) is 42.5 Å². The lowest BCUT2D eigenvalue weighted by Gasteiger charge is -2.34. The van der Waals surface area contributed by atoms with Gasteiger partial charge in [-0.25, -0.2) is 0 Å². The Kier molecular flexibility index (Phi) is 5.19. The molecule has 1 heterocycles. The lowest BCUT2D eigenvalue weighted by Crippen LogP contribution is -2.51. The first-order chi connectivity index (χ1) is 13.6. The van der Waals surface area contributed by atoms with E-state index in [0.29, 0.717) is 31.7 Å². The van der Waals surface area contributed by atoms with Crippen LogP contribution in [0.3, 0.4) is 0 Å². The van der Waals surface area contributed by atoms with Crippen molar-refractivity contribution in [3.63, 3.8) is 0 Å². The molecule has 146 valence electrons. The van der Waals surface area contributed by atoms with Crippen LogP contribution in [0.25, 0.3) is 0 Å². The third-order valence-electron chi connectivity index (χ3n) is 5.47. The van der Waals surface area contributed by atoms with E-state index in [-0.39, 0.29) is 24.2 Å². The Morgan fingerprint density at radius 2 is 1.57 bits per heavy atom. The second-order valence-corrected chi connectivity index (χ2v) is 7.29. The SMILES string of the molecule is O=C(COc1ccc2c(c1)CCC2)N1CCN(C(=O)c2ccc(O)cc2)CC1. The van der Waals surface area contributed by atoms with Crippen LogP contribution in [0, 0.1) is 0 Å². The minimum Gasteiger partial charge on any atom is -0.508 e. The molecule has 0 bridgehead atoms. The van der Waals surface area contributed by atoms with E-state index in [0.717, 1.165) is 18.6 Å². The van der Waals surface area contributed by atoms with E-state index >= 15 is 0 Å². The second kappa shape index (κ2) is 7.92. The van der Waals surface area contributed by atoms with Gasteiger partial charge in [0, 0.05) is 31.7 Å². The minimum atomic E-state index is -0.0820. The molecule has 1 aliphatic heterocycles. The predicted octanol–water partition coefficient (Wildman–Crippen LogP) is 2.24. The fraction of sp³-hybridized carbons (Fsp3) is 0.364. The molecule has 1 aliphatic carbocycles. The summed E-state index contributed by atoms with van der Waals surface area (Å²) in [4.78, 5) is 28.4. The van der Waals surface area contributed by atoms with Gasteiger partial charge in [-0.2, -0.15) is 0 Å². The molecule has 6 heteroatoms. The van der Waals surface area contributed by atoms with Gasteiger partial charge in [-0.15, -0.1) is 0 Å². The Labute approximate surface area is 164 Å². The summed E-state index contributed by atoms with van der Waals surface area (Å²) >= 11 is 0. The predicted molar refractivity (Wildman–Crippen MR) is 105 cm³/mol. The lowest BCUT2D eigenvalue weighted by atomic mass is 10.1. The Hall–Kier alpha value is -3.02. The number of piperazine rings is 1. The van der Waals surface area contributed by atoms with Crippen molar-refractivity contribution in [1.82, 2.24) is 9.80 Å². The van der Waals surface area contributed by atoms with Gasteiger partial charge in [-0.3, -0.25) is 9.59 Å². The molecule has 2 aromatic rings. The zero-order chi connectivity index (χ0) is 19.5. The average molecular weight is 380 g/mol. The van der Waals surface area contributed by atoms with Crippen molar-refractivity contribution >= 4 is 11.8 Å². The molecule has 1 N–H and O–H groups in total. The number of carbonyl (C=O) groups excluding carboxylic acids is 2. The number of benzene rings is 2. The van der Waals surface area contributed by atoms with Crippen LogP contribution in [0.1, 0.15) is 27.9 Å². The smallest absolute Gasteiger partial charge is 0.260 e. The number of nitrogens with zero attached hydrogens (tertiary/aromatic N) is 2. The van der Waals surface area contributed by atoms with Gasteiger partial charge in [-0.05, 0) is 66.8 Å². The van der Waals surface area contributed by atoms with E-state index in [1.165, 1.54) is 29.7 Å². The van der Waals surface area contributed by atoms with E-state index in [9.17, 15) is 14.7 Å². The standard InChI is InChI=1S/C22H24N2O4/c25-19-7-4-17(5-8-19)22(27)24-12-10-23(11-13-24)21(26)15-28-20-9-6-16-2-1-3-18(16)14-20/h4-9,14,25H,1-3,10-13,15H2. The normalized spacial score (nSPS) is 16.0. The molecule has 0 spiro atoms. The summed E-state index contributed by atoms with van der Waals surface area (Å²) in [5.41, 5.74) is 3.25. The van der Waals surface area contributed by atoms with Gasteiger partial charge in [0.2, 0.25) is 0 Å². The zero-order valence-corrected chi connectivity index (χ0v) is 15.8. The Bertz CT molecular complexity index is 871. The van der Waals surface area contributed by atoms with Crippen LogP contribution >= 0.6 is 0 Å². The highest BCUT2D eigenvalue weighted by molar-refractivity contribution is 5.94. The number of ether oxygens (including phenoxy) is 1. The highest BCUT2D eigenvalue weighted by Gasteiger charge is 2.25. The molecule has 0 atom stereocenters. The molecule has 0 unspecified atom stereocenters. The number of phenolic OH excluding ortho intramolecular Hbond substituents is 1. The molecule has 0 saturated carbocycles. The van der Waals surface area contributed by atoms with E-state index < -0.39 is 0 Å². The van der Waals surface area contributed by atoms with Crippen LogP contribution in [-0.4, -0.2) is 59.5 Å². The molecular weight excluding hydrogens is 356 g/mol. The number of hydrogen-bond acceptors (Lipinski definition) is 4. The lowest BCUT2D eigenvalue weighted by molar-refractivity contribution is -0.134. The molecule has 1 saturated heterocycles. The van der Waals surface area contributed by atoms with E-state index in [4.69, 9.17) is 4.74 Å². The molecule has 28 heavy (non-hydrogen) atoms. The topological polar surface area (TPSA) is 70.1 Å². The third kappa shape index (κ3) is 3.96. The van der Waals surface area contributed by atoms with Crippen LogP contribution in [0.4, 0.5) is 0 Å². The Morgan fingerprint density at radius 1 is 0.893 bits per heavy atom. The molecule has 6 nitrogen and oxygen atoms in total. The Balaban J connectivity index is 1.27. The van der Waals surface area contributed by atoms with Crippen molar-refractivity contribution in [1.29, 1.82) is 0 Å². The zero-order valence-electron chi connectivity index (χ0n) is 15.8. The van der Waals surface area contributed by atoms with Crippen molar-refractivity contribution in [2.24, 2.45) is 0 Å². The number of hydrogen-bond donors (Lipinski definition) is 1. The van der Waals surface area contributed by atoms with Crippen molar-refractivity contribution < 1.29 is 19.4 Å². The van der Waals surface area contributed by atoms with Crippen molar-refractivity contribution in [3.05, 3.63) is 59.2 Å². The first kappa shape index (κ1) is 18.3. The molecule has 0 radical (unpaired) electrons. The van der Waals surface area contributed by atoms with Crippen molar-refractivity contribution in [2.45, 2.75) is 19.3 Å². The van der Waals surface area contributed by atoms with Crippen molar-refractivity contribution in [2.75, 3.05) is 32.8 Å². The highest BCUT2D eigenvalue weighted by atomic mass is 16.5. The van der Waals surface area contributed by atoms with Gasteiger partial charge in [0.15, 0.2) is 6.61 Å². The molecule has 2 aromatic carbocycles. The van der Waals surface area contributed by atoms with Crippen molar-refractivity contribution in [3.8, 4) is 11.5 Å². The third-order valence-corrected chi connectivity index (χ3v) is 5.47. The summed E-state index contributed by atoms with van der Waals surface area (Å²) in [7, 11) is 0. The number of carbonyl (C=O) groups is 2. The fourth-order valence-corrected chi connectivity index (χ4v) is 3.82. The number of aromatic hydroxyl groups is 1. The van der Waals surface area contributed by atoms with Gasteiger partial charge in [0.05, 0.1) is 0 Å². The number of rotatable bonds is 4. The molecular formula is C22H24N2O4. The first-order valence-electron chi connectivity index (χ1n) is 9.71. The average Bonchev–Trinajstić information content (AvgIpc) is 3.20. The maximum atomic E-state index is 12.5. The van der Waals surface area contributed by atoms with E-state index in [2.05, 4.69) is 6.07 Å². The van der Waals surface area contributed by atoms with Crippen LogP contribution in [0.5, 0.6) is 11.5 Å². The number of amides is 2. The van der Waals surface area contributed by atoms with E-state index in [1.54, 1.807) is 21.9 Å². The van der Waals surface area contributed by atoms with Crippen LogP contribution < -0.4 is 4.74 Å². The number of aryl methyl sites for hydroxylation is 2. The quantitative estimate of drug-likeness (QED) is 0.883. The largest absolute Gasteiger partial charge is 0.508 e. The van der Waals surface area contributed by atoms with Crippen LogP contribution in [0.2, 0.25) is 0 Å². The number of fused-ring (bicyclic) bond motifs is 1. The number of phenols is 1. The maximum Gasteiger partial charge on any atom is 0.260 e. The van der Waals surface area contributed by atoms with Gasteiger partial charge < -0.3 is 19.6 Å². The molecule has 2 aliphatic rings. The highest BCUT2D eigenvalue weighted by Crippen LogP contribution is 2.26.